The Morgan fingerprint density at radius 2 is 1.71 bits per heavy atom. The molecule has 1 N–H and O–H groups in total. The number of hydrogen-bond donors (Lipinski definition) is 1. The molecule has 0 heterocycles. The fraction of sp³-hybridized carbons (Fsp3) is 0.174. The zero-order valence-electron chi connectivity index (χ0n) is 15.9. The zero-order valence-corrected chi connectivity index (χ0v) is 18.0. The molecule has 3 aromatic carbocycles. The van der Waals surface area contributed by atoms with Crippen molar-refractivity contribution in [2.45, 2.75) is 20.1 Å². The second-order valence-electron chi connectivity index (χ2n) is 6.43. The first-order chi connectivity index (χ1) is 13.6. The van der Waals surface area contributed by atoms with Gasteiger partial charge in [-0.05, 0) is 52.8 Å². The van der Waals surface area contributed by atoms with Crippen LogP contribution in [0.5, 0.6) is 11.5 Å². The molecule has 4 nitrogen and oxygen atoms in total. The van der Waals surface area contributed by atoms with Gasteiger partial charge in [-0.3, -0.25) is 4.79 Å². The number of ether oxygens (including phenoxy) is 2. The van der Waals surface area contributed by atoms with Gasteiger partial charge >= 0.3 is 0 Å². The lowest BCUT2D eigenvalue weighted by Crippen LogP contribution is -2.23. The largest absolute Gasteiger partial charge is 0.493 e. The van der Waals surface area contributed by atoms with Gasteiger partial charge in [-0.2, -0.15) is 0 Å². The highest BCUT2D eigenvalue weighted by Crippen LogP contribution is 2.34. The molecule has 0 aliphatic rings. The Hall–Kier alpha value is -2.54. The molecule has 0 fully saturated rings. The van der Waals surface area contributed by atoms with E-state index in [0.717, 1.165) is 14.7 Å². The van der Waals surface area contributed by atoms with Crippen LogP contribution >= 0.6 is 22.6 Å². The quantitative estimate of drug-likeness (QED) is 0.471. The minimum atomic E-state index is -0.148. The van der Waals surface area contributed by atoms with Crippen molar-refractivity contribution in [3.63, 3.8) is 0 Å². The average Bonchev–Trinajstić information content (AvgIpc) is 2.72. The van der Waals surface area contributed by atoms with Gasteiger partial charge in [0.2, 0.25) is 0 Å². The van der Waals surface area contributed by atoms with Crippen LogP contribution in [0.15, 0.2) is 66.7 Å². The topological polar surface area (TPSA) is 47.6 Å². The number of hydrogen-bond acceptors (Lipinski definition) is 3. The Bertz CT molecular complexity index is 940. The minimum Gasteiger partial charge on any atom is -0.493 e. The van der Waals surface area contributed by atoms with Crippen LogP contribution in [0.3, 0.4) is 0 Å². The van der Waals surface area contributed by atoms with E-state index in [1.54, 1.807) is 13.2 Å². The van der Waals surface area contributed by atoms with E-state index >= 15 is 0 Å². The van der Waals surface area contributed by atoms with Crippen molar-refractivity contribution < 1.29 is 14.3 Å². The van der Waals surface area contributed by atoms with Crippen LogP contribution in [0.4, 0.5) is 0 Å². The van der Waals surface area contributed by atoms with Crippen LogP contribution < -0.4 is 14.8 Å². The molecule has 0 atom stereocenters. The van der Waals surface area contributed by atoms with Crippen molar-refractivity contribution >= 4 is 28.5 Å². The van der Waals surface area contributed by atoms with E-state index in [9.17, 15) is 4.79 Å². The number of halogens is 1. The normalized spacial score (nSPS) is 10.4. The van der Waals surface area contributed by atoms with Crippen LogP contribution in [0.1, 0.15) is 27.0 Å². The molecule has 0 spiro atoms. The van der Waals surface area contributed by atoms with Gasteiger partial charge in [0.05, 0.1) is 10.7 Å². The summed E-state index contributed by atoms with van der Waals surface area (Å²) in [5.41, 5.74) is 3.88. The van der Waals surface area contributed by atoms with Gasteiger partial charge < -0.3 is 14.8 Å². The number of aryl methyl sites for hydroxylation is 1. The number of nitrogens with one attached hydrogen (secondary N) is 1. The molecule has 144 valence electrons. The van der Waals surface area contributed by atoms with Gasteiger partial charge in [0, 0.05) is 12.1 Å². The Kier molecular flexibility index (Phi) is 6.92. The highest BCUT2D eigenvalue weighted by Gasteiger charge is 2.16. The summed E-state index contributed by atoms with van der Waals surface area (Å²) in [6.07, 6.45) is 0. The lowest BCUT2D eigenvalue weighted by atomic mass is 10.1. The second-order valence-corrected chi connectivity index (χ2v) is 7.59. The molecule has 0 saturated carbocycles. The molecular formula is C23H22INO3. The number of carbonyl (C=O) groups excluding carboxylic acids is 1. The summed E-state index contributed by atoms with van der Waals surface area (Å²) in [5.74, 6) is 1.04. The zero-order chi connectivity index (χ0) is 19.9. The highest BCUT2D eigenvalue weighted by atomic mass is 127. The van der Waals surface area contributed by atoms with E-state index in [1.807, 2.05) is 48.5 Å². The minimum absolute atomic E-state index is 0.148. The molecule has 0 aliphatic carbocycles. The molecule has 5 heteroatoms. The standard InChI is InChI=1S/C23H22INO3/c1-16-8-10-18(11-9-16)15-28-22-20(24)12-19(13-21(22)27-2)23(26)25-14-17-6-4-3-5-7-17/h3-13H,14-15H2,1-2H3,(H,25,26). The first-order valence-corrected chi connectivity index (χ1v) is 10.0. The predicted octanol–water partition coefficient (Wildman–Crippen LogP) is 5.12. The van der Waals surface area contributed by atoms with Gasteiger partial charge in [-0.25, -0.2) is 0 Å². The van der Waals surface area contributed by atoms with Crippen LogP contribution in [0, 0.1) is 10.5 Å². The lowest BCUT2D eigenvalue weighted by Gasteiger charge is -2.15. The van der Waals surface area contributed by atoms with Crippen LogP contribution in [-0.2, 0) is 13.2 Å². The number of methoxy groups -OCH3 is 1. The summed E-state index contributed by atoms with van der Waals surface area (Å²) in [6, 6.07) is 21.5. The number of benzene rings is 3. The first-order valence-electron chi connectivity index (χ1n) is 8.95. The molecule has 3 aromatic rings. The summed E-state index contributed by atoms with van der Waals surface area (Å²) < 4.78 is 12.3. The van der Waals surface area contributed by atoms with E-state index < -0.39 is 0 Å². The van der Waals surface area contributed by atoms with Crippen molar-refractivity contribution in [3.8, 4) is 11.5 Å². The molecule has 0 radical (unpaired) electrons. The van der Waals surface area contributed by atoms with Gasteiger partial charge in [0.1, 0.15) is 6.61 Å². The monoisotopic (exact) mass is 487 g/mol. The maximum atomic E-state index is 12.6. The smallest absolute Gasteiger partial charge is 0.251 e. The van der Waals surface area contributed by atoms with Gasteiger partial charge in [-0.15, -0.1) is 0 Å². The van der Waals surface area contributed by atoms with Crippen LogP contribution in [0.2, 0.25) is 0 Å². The highest BCUT2D eigenvalue weighted by molar-refractivity contribution is 14.1. The van der Waals surface area contributed by atoms with E-state index in [1.165, 1.54) is 5.56 Å². The van der Waals surface area contributed by atoms with Gasteiger partial charge in [-0.1, -0.05) is 60.2 Å². The average molecular weight is 487 g/mol. The number of amides is 1. The SMILES string of the molecule is COc1cc(C(=O)NCc2ccccc2)cc(I)c1OCc1ccc(C)cc1. The van der Waals surface area contributed by atoms with E-state index in [0.29, 0.717) is 30.2 Å². The summed E-state index contributed by atoms with van der Waals surface area (Å²) in [4.78, 5) is 12.6. The number of rotatable bonds is 7. The maximum absolute atomic E-state index is 12.6. The molecule has 0 bridgehead atoms. The van der Waals surface area contributed by atoms with Crippen molar-refractivity contribution in [2.24, 2.45) is 0 Å². The Morgan fingerprint density at radius 1 is 1.00 bits per heavy atom. The fourth-order valence-electron chi connectivity index (χ4n) is 2.71. The molecule has 0 unspecified atom stereocenters. The van der Waals surface area contributed by atoms with Crippen molar-refractivity contribution in [1.29, 1.82) is 0 Å². The Morgan fingerprint density at radius 3 is 2.39 bits per heavy atom. The summed E-state index contributed by atoms with van der Waals surface area (Å²) in [6.45, 7) is 2.97. The summed E-state index contributed by atoms with van der Waals surface area (Å²) in [7, 11) is 1.58. The third-order valence-electron chi connectivity index (χ3n) is 4.29. The molecular weight excluding hydrogens is 465 g/mol. The van der Waals surface area contributed by atoms with E-state index in [-0.39, 0.29) is 5.91 Å². The second kappa shape index (κ2) is 9.59. The maximum Gasteiger partial charge on any atom is 0.251 e. The fourth-order valence-corrected chi connectivity index (χ4v) is 3.47. The molecule has 28 heavy (non-hydrogen) atoms. The van der Waals surface area contributed by atoms with Crippen molar-refractivity contribution in [2.75, 3.05) is 7.11 Å². The molecule has 0 aliphatic heterocycles. The Labute approximate surface area is 179 Å². The van der Waals surface area contributed by atoms with Crippen LogP contribution in [0.25, 0.3) is 0 Å². The third-order valence-corrected chi connectivity index (χ3v) is 5.09. The lowest BCUT2D eigenvalue weighted by molar-refractivity contribution is 0.0950. The summed E-state index contributed by atoms with van der Waals surface area (Å²) in [5, 5.41) is 2.94. The predicted molar refractivity (Wildman–Crippen MR) is 119 cm³/mol. The molecule has 0 aromatic heterocycles. The molecule has 1 amide bonds. The van der Waals surface area contributed by atoms with E-state index in [4.69, 9.17) is 9.47 Å². The molecule has 0 saturated heterocycles. The Balaban J connectivity index is 1.71. The van der Waals surface area contributed by atoms with Gasteiger partial charge in [0.15, 0.2) is 11.5 Å². The van der Waals surface area contributed by atoms with Crippen molar-refractivity contribution in [3.05, 3.63) is 92.6 Å². The van der Waals surface area contributed by atoms with Crippen LogP contribution in [-0.4, -0.2) is 13.0 Å². The number of carbonyl (C=O) groups is 1. The van der Waals surface area contributed by atoms with E-state index in [2.05, 4.69) is 47.0 Å². The molecule has 3 rings (SSSR count). The van der Waals surface area contributed by atoms with Gasteiger partial charge in [0.25, 0.3) is 5.91 Å². The summed E-state index contributed by atoms with van der Waals surface area (Å²) >= 11 is 2.17. The van der Waals surface area contributed by atoms with Crippen molar-refractivity contribution in [1.82, 2.24) is 5.32 Å². The third kappa shape index (κ3) is 5.25. The first kappa shape index (κ1) is 20.2.